The second kappa shape index (κ2) is 4.17. The average Bonchev–Trinajstić information content (AvgIpc) is 2.45. The highest BCUT2D eigenvalue weighted by molar-refractivity contribution is 6.28. The van der Waals surface area contributed by atoms with Crippen LogP contribution in [0.2, 0.25) is 0 Å². The Bertz CT molecular complexity index is 716. The van der Waals surface area contributed by atoms with E-state index in [1.54, 1.807) is 24.3 Å². The van der Waals surface area contributed by atoms with E-state index in [-0.39, 0.29) is 29.4 Å². The topological polar surface area (TPSA) is 60.4 Å². The smallest absolute Gasteiger partial charge is 0.298 e. The third-order valence-corrected chi connectivity index (χ3v) is 3.08. The minimum atomic E-state index is -0.235. The molecular formula is C15H8O4. The Morgan fingerprint density at radius 1 is 0.789 bits per heavy atom. The molecule has 0 aromatic heterocycles. The molecule has 0 N–H and O–H groups in total. The molecular weight excluding hydrogens is 244 g/mol. The van der Waals surface area contributed by atoms with Gasteiger partial charge in [-0.2, -0.15) is 0 Å². The van der Waals surface area contributed by atoms with Crippen LogP contribution < -0.4 is 4.74 Å². The summed E-state index contributed by atoms with van der Waals surface area (Å²) in [5, 5.41) is 0. The standard InChI is InChI=1S/C15H8O4/c16-8-19-9-5-6-12-13(7-9)15(18)11-4-2-1-3-10(11)14(12)17/h1-8H. The Balaban J connectivity index is 2.21. The van der Waals surface area contributed by atoms with Crippen LogP contribution in [0.15, 0.2) is 42.5 Å². The Hall–Kier alpha value is -2.75. The molecule has 0 aliphatic heterocycles. The van der Waals surface area contributed by atoms with E-state index in [0.717, 1.165) is 0 Å². The van der Waals surface area contributed by atoms with Crippen LogP contribution in [-0.4, -0.2) is 18.0 Å². The van der Waals surface area contributed by atoms with E-state index in [1.807, 2.05) is 0 Å². The molecule has 0 heterocycles. The van der Waals surface area contributed by atoms with E-state index < -0.39 is 0 Å². The summed E-state index contributed by atoms with van der Waals surface area (Å²) in [6.07, 6.45) is 0. The number of hydrogen-bond acceptors (Lipinski definition) is 4. The Morgan fingerprint density at radius 3 is 2.00 bits per heavy atom. The molecule has 0 saturated carbocycles. The number of carbonyl (C=O) groups is 3. The van der Waals surface area contributed by atoms with Crippen molar-refractivity contribution in [1.82, 2.24) is 0 Å². The second-order valence-electron chi connectivity index (χ2n) is 4.13. The summed E-state index contributed by atoms with van der Waals surface area (Å²) in [7, 11) is 0. The molecule has 1 aliphatic carbocycles. The van der Waals surface area contributed by atoms with Crippen molar-refractivity contribution in [3.63, 3.8) is 0 Å². The second-order valence-corrected chi connectivity index (χ2v) is 4.13. The van der Waals surface area contributed by atoms with E-state index in [2.05, 4.69) is 0 Å². The molecule has 0 spiro atoms. The van der Waals surface area contributed by atoms with Gasteiger partial charge < -0.3 is 4.74 Å². The Morgan fingerprint density at radius 2 is 1.37 bits per heavy atom. The van der Waals surface area contributed by atoms with E-state index in [0.29, 0.717) is 16.7 Å². The summed E-state index contributed by atoms with van der Waals surface area (Å²) >= 11 is 0. The molecule has 19 heavy (non-hydrogen) atoms. The first kappa shape index (κ1) is 11.3. The van der Waals surface area contributed by atoms with Crippen molar-refractivity contribution in [2.45, 2.75) is 0 Å². The zero-order chi connectivity index (χ0) is 13.4. The number of fused-ring (bicyclic) bond motifs is 2. The van der Waals surface area contributed by atoms with Gasteiger partial charge in [-0.05, 0) is 18.2 Å². The first-order chi connectivity index (χ1) is 9.22. The molecule has 1 aliphatic rings. The molecule has 4 heteroatoms. The Kier molecular flexibility index (Phi) is 2.49. The fraction of sp³-hybridized carbons (Fsp3) is 0. The van der Waals surface area contributed by atoms with Gasteiger partial charge in [0.25, 0.3) is 6.47 Å². The maximum atomic E-state index is 12.3. The predicted octanol–water partition coefficient (Wildman–Crippen LogP) is 2.00. The molecule has 2 aromatic rings. The van der Waals surface area contributed by atoms with Gasteiger partial charge in [-0.15, -0.1) is 0 Å². The van der Waals surface area contributed by atoms with Crippen LogP contribution in [0.1, 0.15) is 31.8 Å². The Labute approximate surface area is 108 Å². The molecule has 2 aromatic carbocycles. The highest BCUT2D eigenvalue weighted by Gasteiger charge is 2.29. The van der Waals surface area contributed by atoms with Gasteiger partial charge in [-0.25, -0.2) is 0 Å². The predicted molar refractivity (Wildman–Crippen MR) is 66.4 cm³/mol. The van der Waals surface area contributed by atoms with Crippen molar-refractivity contribution in [2.75, 3.05) is 0 Å². The lowest BCUT2D eigenvalue weighted by Gasteiger charge is -2.17. The van der Waals surface area contributed by atoms with Gasteiger partial charge >= 0.3 is 0 Å². The molecule has 0 unspecified atom stereocenters. The lowest BCUT2D eigenvalue weighted by atomic mass is 9.84. The van der Waals surface area contributed by atoms with Gasteiger partial charge in [0, 0.05) is 22.3 Å². The quantitative estimate of drug-likeness (QED) is 0.654. The summed E-state index contributed by atoms with van der Waals surface area (Å²) in [4.78, 5) is 34.9. The number of rotatable bonds is 2. The average molecular weight is 252 g/mol. The SMILES string of the molecule is O=COc1ccc2c(c1)C(=O)c1ccccc1C2=O. The van der Waals surface area contributed by atoms with Gasteiger partial charge in [0.2, 0.25) is 0 Å². The third kappa shape index (κ3) is 1.65. The molecule has 0 atom stereocenters. The number of hydrogen-bond donors (Lipinski definition) is 0. The lowest BCUT2D eigenvalue weighted by molar-refractivity contribution is -0.120. The van der Waals surface area contributed by atoms with Crippen molar-refractivity contribution in [3.8, 4) is 5.75 Å². The summed E-state index contributed by atoms with van der Waals surface area (Å²) in [5.74, 6) is -0.182. The van der Waals surface area contributed by atoms with Gasteiger partial charge in [0.1, 0.15) is 5.75 Å². The molecule has 4 nitrogen and oxygen atoms in total. The van der Waals surface area contributed by atoms with E-state index in [4.69, 9.17) is 4.74 Å². The maximum Gasteiger partial charge on any atom is 0.298 e. The highest BCUT2D eigenvalue weighted by atomic mass is 16.5. The summed E-state index contributed by atoms with van der Waals surface area (Å²) < 4.78 is 4.70. The van der Waals surface area contributed by atoms with Crippen LogP contribution in [-0.2, 0) is 4.79 Å². The normalized spacial score (nSPS) is 12.6. The van der Waals surface area contributed by atoms with Crippen LogP contribution in [0.5, 0.6) is 5.75 Å². The van der Waals surface area contributed by atoms with Crippen molar-refractivity contribution < 1.29 is 19.1 Å². The van der Waals surface area contributed by atoms with Crippen LogP contribution in [0.25, 0.3) is 0 Å². The number of benzene rings is 2. The monoisotopic (exact) mass is 252 g/mol. The van der Waals surface area contributed by atoms with Crippen molar-refractivity contribution in [3.05, 3.63) is 64.7 Å². The van der Waals surface area contributed by atoms with Crippen LogP contribution in [0.4, 0.5) is 0 Å². The fourth-order valence-corrected chi connectivity index (χ4v) is 2.21. The molecule has 0 amide bonds. The number of carbonyl (C=O) groups excluding carboxylic acids is 3. The minimum Gasteiger partial charge on any atom is -0.429 e. The van der Waals surface area contributed by atoms with Gasteiger partial charge in [-0.1, -0.05) is 24.3 Å². The summed E-state index contributed by atoms with van der Waals surface area (Å²) in [6, 6.07) is 11.1. The first-order valence-electron chi connectivity index (χ1n) is 5.65. The van der Waals surface area contributed by atoms with E-state index in [9.17, 15) is 14.4 Å². The van der Waals surface area contributed by atoms with E-state index in [1.165, 1.54) is 18.2 Å². The summed E-state index contributed by atoms with van der Waals surface area (Å²) in [5.41, 5.74) is 1.39. The molecule has 0 saturated heterocycles. The van der Waals surface area contributed by atoms with Crippen molar-refractivity contribution >= 4 is 18.0 Å². The molecule has 0 radical (unpaired) electrons. The molecule has 3 rings (SSSR count). The molecule has 92 valence electrons. The fourth-order valence-electron chi connectivity index (χ4n) is 2.21. The van der Waals surface area contributed by atoms with Crippen molar-refractivity contribution in [2.24, 2.45) is 0 Å². The zero-order valence-corrected chi connectivity index (χ0v) is 9.75. The highest BCUT2D eigenvalue weighted by Crippen LogP contribution is 2.29. The number of ether oxygens (including phenoxy) is 1. The third-order valence-electron chi connectivity index (χ3n) is 3.08. The first-order valence-corrected chi connectivity index (χ1v) is 5.65. The van der Waals surface area contributed by atoms with Gasteiger partial charge in [0.05, 0.1) is 0 Å². The van der Waals surface area contributed by atoms with Gasteiger partial charge in [-0.3, -0.25) is 14.4 Å². The van der Waals surface area contributed by atoms with Crippen molar-refractivity contribution in [1.29, 1.82) is 0 Å². The minimum absolute atomic E-state index is 0.192. The zero-order valence-electron chi connectivity index (χ0n) is 9.75. The van der Waals surface area contributed by atoms with E-state index >= 15 is 0 Å². The summed E-state index contributed by atoms with van der Waals surface area (Å²) in [6.45, 7) is 0.283. The van der Waals surface area contributed by atoms with Crippen LogP contribution in [0.3, 0.4) is 0 Å². The number of ketones is 2. The molecule has 0 bridgehead atoms. The van der Waals surface area contributed by atoms with Gasteiger partial charge in [0.15, 0.2) is 11.6 Å². The maximum absolute atomic E-state index is 12.3. The lowest BCUT2D eigenvalue weighted by Crippen LogP contribution is -2.20. The molecule has 0 fully saturated rings. The van der Waals surface area contributed by atoms with Crippen LogP contribution in [0, 0.1) is 0 Å². The largest absolute Gasteiger partial charge is 0.429 e. The van der Waals surface area contributed by atoms with Crippen LogP contribution >= 0.6 is 0 Å².